The van der Waals surface area contributed by atoms with E-state index in [9.17, 15) is 19.8 Å². The SMILES string of the molecule is Cn1cc(C=C2Oc3cc(O)cc(O)c3C2=O)c2c(-c3ccc(C(N)=O)cc3)cccc21. The number of fused-ring (bicyclic) bond motifs is 2. The number of ketones is 1. The number of rotatable bonds is 3. The Labute approximate surface area is 182 Å². The summed E-state index contributed by atoms with van der Waals surface area (Å²) >= 11 is 0. The molecule has 0 saturated heterocycles. The standard InChI is InChI=1S/C25H18N2O5/c1-27-12-15(9-21-24(30)23-19(29)10-16(28)11-20(23)32-21)22-17(3-2-4-18(22)27)13-5-7-14(8-6-13)25(26)31/h2-12,28-29H,1H3,(H2,26,31). The molecule has 0 aliphatic carbocycles. The van der Waals surface area contributed by atoms with Crippen LogP contribution in [-0.2, 0) is 7.05 Å². The number of phenolic OH excluding ortho intramolecular Hbond substituents is 2. The molecule has 0 saturated carbocycles. The highest BCUT2D eigenvalue weighted by atomic mass is 16.5. The van der Waals surface area contributed by atoms with Crippen LogP contribution in [0.1, 0.15) is 26.3 Å². The summed E-state index contributed by atoms with van der Waals surface area (Å²) in [6, 6.07) is 15.3. The van der Waals surface area contributed by atoms with Gasteiger partial charge in [0.15, 0.2) is 5.76 Å². The van der Waals surface area contributed by atoms with E-state index in [4.69, 9.17) is 10.5 Å². The van der Waals surface area contributed by atoms with Gasteiger partial charge in [-0.25, -0.2) is 0 Å². The summed E-state index contributed by atoms with van der Waals surface area (Å²) in [5.41, 5.74) is 9.28. The van der Waals surface area contributed by atoms with Gasteiger partial charge in [-0.1, -0.05) is 24.3 Å². The van der Waals surface area contributed by atoms with Crippen molar-refractivity contribution in [1.82, 2.24) is 4.57 Å². The largest absolute Gasteiger partial charge is 0.508 e. The molecule has 4 N–H and O–H groups in total. The highest BCUT2D eigenvalue weighted by molar-refractivity contribution is 6.17. The Morgan fingerprint density at radius 2 is 1.84 bits per heavy atom. The number of aromatic hydroxyl groups is 2. The summed E-state index contributed by atoms with van der Waals surface area (Å²) in [6.45, 7) is 0. The molecule has 3 aromatic carbocycles. The number of Topliss-reactive ketones (excluding diaryl/α,β-unsaturated/α-hetero) is 1. The third-order valence-corrected chi connectivity index (χ3v) is 5.55. The lowest BCUT2D eigenvalue weighted by Crippen LogP contribution is -2.10. The van der Waals surface area contributed by atoms with Gasteiger partial charge in [-0.2, -0.15) is 0 Å². The fraction of sp³-hybridized carbons (Fsp3) is 0.0400. The molecule has 1 aromatic heterocycles. The average molecular weight is 426 g/mol. The second-order valence-corrected chi connectivity index (χ2v) is 7.61. The van der Waals surface area contributed by atoms with Crippen molar-refractivity contribution < 1.29 is 24.5 Å². The second-order valence-electron chi connectivity index (χ2n) is 7.61. The molecule has 1 aliphatic heterocycles. The molecule has 0 radical (unpaired) electrons. The molecule has 158 valence electrons. The predicted octanol–water partition coefficient (Wildman–Crippen LogP) is 3.97. The summed E-state index contributed by atoms with van der Waals surface area (Å²) in [4.78, 5) is 24.3. The number of aryl methyl sites for hydroxylation is 1. The van der Waals surface area contributed by atoms with Crippen LogP contribution in [0.2, 0.25) is 0 Å². The third kappa shape index (κ3) is 2.99. The summed E-state index contributed by atoms with van der Waals surface area (Å²) < 4.78 is 7.60. The van der Waals surface area contributed by atoms with Gasteiger partial charge in [-0.05, 0) is 35.4 Å². The van der Waals surface area contributed by atoms with E-state index >= 15 is 0 Å². The van der Waals surface area contributed by atoms with Gasteiger partial charge in [0.25, 0.3) is 0 Å². The van der Waals surface area contributed by atoms with Crippen molar-refractivity contribution in [3.63, 3.8) is 0 Å². The minimum atomic E-state index is -0.495. The van der Waals surface area contributed by atoms with Crippen LogP contribution in [0.3, 0.4) is 0 Å². The molecule has 0 spiro atoms. The summed E-state index contributed by atoms with van der Waals surface area (Å²) in [6.07, 6.45) is 3.51. The van der Waals surface area contributed by atoms with Crippen molar-refractivity contribution in [2.24, 2.45) is 12.8 Å². The Morgan fingerprint density at radius 3 is 2.56 bits per heavy atom. The fourth-order valence-electron chi connectivity index (χ4n) is 4.06. The smallest absolute Gasteiger partial charge is 0.248 e. The van der Waals surface area contributed by atoms with Gasteiger partial charge >= 0.3 is 0 Å². The lowest BCUT2D eigenvalue weighted by atomic mass is 9.97. The van der Waals surface area contributed by atoms with Crippen LogP contribution in [0.5, 0.6) is 17.2 Å². The zero-order valence-electron chi connectivity index (χ0n) is 17.0. The van der Waals surface area contributed by atoms with Gasteiger partial charge in [-0.15, -0.1) is 0 Å². The fourth-order valence-corrected chi connectivity index (χ4v) is 4.06. The molecule has 1 amide bonds. The maximum absolute atomic E-state index is 12.8. The van der Waals surface area contributed by atoms with Crippen LogP contribution < -0.4 is 10.5 Å². The molecule has 7 heteroatoms. The van der Waals surface area contributed by atoms with Crippen molar-refractivity contribution in [2.75, 3.05) is 0 Å². The number of primary amides is 1. The highest BCUT2D eigenvalue weighted by Crippen LogP contribution is 2.41. The lowest BCUT2D eigenvalue weighted by molar-refractivity contribution is 0.0996. The van der Waals surface area contributed by atoms with Crippen LogP contribution >= 0.6 is 0 Å². The van der Waals surface area contributed by atoms with Crippen LogP contribution in [0, 0.1) is 0 Å². The van der Waals surface area contributed by atoms with Gasteiger partial charge in [0.1, 0.15) is 22.8 Å². The van der Waals surface area contributed by atoms with Crippen LogP contribution in [0.15, 0.2) is 66.6 Å². The number of carbonyl (C=O) groups excluding carboxylic acids is 2. The van der Waals surface area contributed by atoms with Gasteiger partial charge in [0, 0.05) is 47.4 Å². The number of hydrogen-bond acceptors (Lipinski definition) is 5. The van der Waals surface area contributed by atoms with Crippen LogP contribution in [-0.4, -0.2) is 26.5 Å². The first kappa shape index (κ1) is 19.4. The number of phenols is 2. The van der Waals surface area contributed by atoms with E-state index in [1.807, 2.05) is 48.1 Å². The Bertz CT molecular complexity index is 1460. The molecular formula is C25H18N2O5. The molecule has 2 heterocycles. The van der Waals surface area contributed by atoms with E-state index in [1.165, 1.54) is 6.07 Å². The number of nitrogens with two attached hydrogens (primary N) is 1. The maximum Gasteiger partial charge on any atom is 0.248 e. The Morgan fingerprint density at radius 1 is 1.09 bits per heavy atom. The molecule has 0 bridgehead atoms. The summed E-state index contributed by atoms with van der Waals surface area (Å²) in [5.74, 6) is -1.32. The summed E-state index contributed by atoms with van der Waals surface area (Å²) in [5, 5.41) is 20.7. The number of aromatic nitrogens is 1. The molecule has 0 atom stereocenters. The van der Waals surface area contributed by atoms with Crippen molar-refractivity contribution in [2.45, 2.75) is 0 Å². The first-order valence-corrected chi connectivity index (χ1v) is 9.82. The second kappa shape index (κ2) is 7.02. The molecular weight excluding hydrogens is 408 g/mol. The number of benzene rings is 3. The van der Waals surface area contributed by atoms with E-state index in [-0.39, 0.29) is 28.6 Å². The minimum absolute atomic E-state index is 0.0246. The Hall–Kier alpha value is -4.52. The maximum atomic E-state index is 12.8. The Kier molecular flexibility index (Phi) is 4.27. The van der Waals surface area contributed by atoms with Gasteiger partial charge in [0.2, 0.25) is 11.7 Å². The van der Waals surface area contributed by atoms with E-state index in [0.717, 1.165) is 33.7 Å². The highest BCUT2D eigenvalue weighted by Gasteiger charge is 2.31. The third-order valence-electron chi connectivity index (χ3n) is 5.55. The zero-order chi connectivity index (χ0) is 22.6. The molecule has 5 rings (SSSR count). The molecule has 4 aromatic rings. The van der Waals surface area contributed by atoms with Gasteiger partial charge in [0.05, 0.1) is 0 Å². The Balaban J connectivity index is 1.65. The first-order chi connectivity index (χ1) is 15.3. The van der Waals surface area contributed by atoms with E-state index in [0.29, 0.717) is 5.56 Å². The average Bonchev–Trinajstić information content (AvgIpc) is 3.25. The topological polar surface area (TPSA) is 115 Å². The van der Waals surface area contributed by atoms with Gasteiger partial charge in [-0.3, -0.25) is 9.59 Å². The number of nitrogens with zero attached hydrogens (tertiary/aromatic N) is 1. The molecule has 0 fully saturated rings. The van der Waals surface area contributed by atoms with Crippen molar-refractivity contribution in [1.29, 1.82) is 0 Å². The van der Waals surface area contributed by atoms with E-state index in [1.54, 1.807) is 18.2 Å². The quantitative estimate of drug-likeness (QED) is 0.429. The number of amides is 1. The van der Waals surface area contributed by atoms with E-state index < -0.39 is 11.7 Å². The minimum Gasteiger partial charge on any atom is -0.508 e. The van der Waals surface area contributed by atoms with Crippen molar-refractivity contribution in [3.05, 3.63) is 83.2 Å². The monoisotopic (exact) mass is 426 g/mol. The van der Waals surface area contributed by atoms with Gasteiger partial charge < -0.3 is 25.3 Å². The lowest BCUT2D eigenvalue weighted by Gasteiger charge is -2.07. The summed E-state index contributed by atoms with van der Waals surface area (Å²) in [7, 11) is 1.90. The molecule has 0 unspecified atom stereocenters. The molecule has 7 nitrogen and oxygen atoms in total. The normalized spacial score (nSPS) is 14.0. The number of carbonyl (C=O) groups is 2. The number of hydrogen-bond donors (Lipinski definition) is 3. The zero-order valence-corrected chi connectivity index (χ0v) is 17.0. The van der Waals surface area contributed by atoms with E-state index in [2.05, 4.69) is 0 Å². The molecule has 1 aliphatic rings. The van der Waals surface area contributed by atoms with Crippen molar-refractivity contribution in [3.8, 4) is 28.4 Å². The number of ether oxygens (including phenoxy) is 1. The number of allylic oxidation sites excluding steroid dienone is 1. The molecule has 32 heavy (non-hydrogen) atoms. The first-order valence-electron chi connectivity index (χ1n) is 9.82. The van der Waals surface area contributed by atoms with Crippen LogP contribution in [0.4, 0.5) is 0 Å². The van der Waals surface area contributed by atoms with Crippen molar-refractivity contribution >= 4 is 28.7 Å². The predicted molar refractivity (Wildman–Crippen MR) is 120 cm³/mol. The van der Waals surface area contributed by atoms with Crippen LogP contribution in [0.25, 0.3) is 28.1 Å².